The van der Waals surface area contributed by atoms with Crippen molar-refractivity contribution in [2.24, 2.45) is 0 Å². The van der Waals surface area contributed by atoms with Crippen LogP contribution in [0.1, 0.15) is 6.92 Å². The van der Waals surface area contributed by atoms with Gasteiger partial charge in [0.1, 0.15) is 0 Å². The second kappa shape index (κ2) is 2.18. The van der Waals surface area contributed by atoms with E-state index in [0.717, 1.165) is 0 Å². The molecular weight excluding hydrogens is 81.0 g/mol. The fourth-order valence-corrected chi connectivity index (χ4v) is 0. The molecule has 2 atom stereocenters. The first-order valence-electron chi connectivity index (χ1n) is 1.42. The van der Waals surface area contributed by atoms with Crippen LogP contribution in [0.4, 0.5) is 0 Å². The Hall–Kier alpha value is -0.0800. The summed E-state index contributed by atoms with van der Waals surface area (Å²) in [5.41, 5.74) is 0.106. The highest BCUT2D eigenvalue weighted by atomic mass is 31.0. The monoisotopic (exact) mass is 87.0 g/mol. The lowest BCUT2D eigenvalue weighted by atomic mass is 10.5. The molecule has 0 spiro atoms. The van der Waals surface area contributed by atoms with Gasteiger partial charge in [-0.05, 0) is 6.92 Å². The van der Waals surface area contributed by atoms with Gasteiger partial charge in [-0.2, -0.15) is 5.26 Å². The Kier molecular flexibility index (Phi) is 2.14. The molecule has 2 heteroatoms. The summed E-state index contributed by atoms with van der Waals surface area (Å²) in [5.74, 6) is 0. The van der Waals surface area contributed by atoms with E-state index in [0.29, 0.717) is 0 Å². The van der Waals surface area contributed by atoms with E-state index in [2.05, 4.69) is 9.24 Å². The summed E-state index contributed by atoms with van der Waals surface area (Å²) < 4.78 is 0. The Bertz CT molecular complexity index is 52.4. The third kappa shape index (κ3) is 3.92. The molecule has 0 saturated heterocycles. The molecule has 1 nitrogen and oxygen atoms in total. The molecule has 0 bridgehead atoms. The maximum Gasteiger partial charge on any atom is 0.0694 e. The Morgan fingerprint density at radius 3 is 2.20 bits per heavy atom. The fraction of sp³-hybridized carbons (Fsp3) is 0.667. The van der Waals surface area contributed by atoms with Gasteiger partial charge in [0.05, 0.1) is 11.7 Å². The topological polar surface area (TPSA) is 23.8 Å². The van der Waals surface area contributed by atoms with E-state index in [1.54, 1.807) is 0 Å². The highest BCUT2D eigenvalue weighted by Crippen LogP contribution is 1.90. The maximum absolute atomic E-state index is 7.87. The summed E-state index contributed by atoms with van der Waals surface area (Å²) in [6.07, 6.45) is 0. The summed E-state index contributed by atoms with van der Waals surface area (Å²) in [6, 6.07) is 1.99. The Balaban J connectivity index is 2.94. The smallest absolute Gasteiger partial charge is 0.0694 e. The zero-order chi connectivity index (χ0) is 4.28. The first-order chi connectivity index (χ1) is 2.27. The van der Waals surface area contributed by atoms with E-state index in [1.165, 1.54) is 0 Å². The molecule has 0 amide bonds. The normalized spacial score (nSPS) is 13.0. The lowest BCUT2D eigenvalue weighted by Crippen LogP contribution is -1.75. The molecule has 0 saturated carbocycles. The number of hydrogen-bond acceptors (Lipinski definition) is 1. The van der Waals surface area contributed by atoms with Crippen LogP contribution >= 0.6 is 9.24 Å². The van der Waals surface area contributed by atoms with E-state index in [9.17, 15) is 0 Å². The van der Waals surface area contributed by atoms with Crippen molar-refractivity contribution in [1.82, 2.24) is 0 Å². The first-order valence-corrected chi connectivity index (χ1v) is 2.09. The molecule has 0 aromatic carbocycles. The van der Waals surface area contributed by atoms with Crippen molar-refractivity contribution in [3.8, 4) is 6.07 Å². The molecule has 0 aliphatic heterocycles. The SMILES string of the molecule is CC(P)C#N. The summed E-state index contributed by atoms with van der Waals surface area (Å²) >= 11 is 0. The van der Waals surface area contributed by atoms with E-state index in [-0.39, 0.29) is 5.66 Å². The minimum Gasteiger partial charge on any atom is -0.198 e. The van der Waals surface area contributed by atoms with E-state index >= 15 is 0 Å². The maximum atomic E-state index is 7.87. The van der Waals surface area contributed by atoms with E-state index < -0.39 is 0 Å². The lowest BCUT2D eigenvalue weighted by molar-refractivity contribution is 1.25. The Morgan fingerprint density at radius 1 is 2.00 bits per heavy atom. The van der Waals surface area contributed by atoms with Crippen molar-refractivity contribution in [3.05, 3.63) is 0 Å². The molecule has 2 unspecified atom stereocenters. The molecule has 0 N–H and O–H groups in total. The third-order valence-corrected chi connectivity index (χ3v) is 0.353. The average molecular weight is 87.1 g/mol. The van der Waals surface area contributed by atoms with Crippen LogP contribution in [0.2, 0.25) is 0 Å². The molecule has 0 aliphatic carbocycles. The molecule has 28 valence electrons. The van der Waals surface area contributed by atoms with Crippen molar-refractivity contribution in [3.63, 3.8) is 0 Å². The third-order valence-electron chi connectivity index (χ3n) is 0.204. The van der Waals surface area contributed by atoms with Crippen LogP contribution in [0.5, 0.6) is 0 Å². The highest BCUT2D eigenvalue weighted by Gasteiger charge is 1.78. The summed E-state index contributed by atoms with van der Waals surface area (Å²) in [6.45, 7) is 1.82. The van der Waals surface area contributed by atoms with Crippen LogP contribution in [-0.4, -0.2) is 5.66 Å². The number of hydrogen-bond donors (Lipinski definition) is 0. The molecule has 0 fully saturated rings. The largest absolute Gasteiger partial charge is 0.198 e. The summed E-state index contributed by atoms with van der Waals surface area (Å²) in [5, 5.41) is 7.87. The Morgan fingerprint density at radius 2 is 2.20 bits per heavy atom. The number of nitriles is 1. The lowest BCUT2D eigenvalue weighted by Gasteiger charge is -1.76. The van der Waals surface area contributed by atoms with Crippen molar-refractivity contribution in [2.75, 3.05) is 0 Å². The van der Waals surface area contributed by atoms with Crippen molar-refractivity contribution < 1.29 is 0 Å². The van der Waals surface area contributed by atoms with Gasteiger partial charge in [0.2, 0.25) is 0 Å². The molecule has 0 rings (SSSR count). The van der Waals surface area contributed by atoms with Crippen LogP contribution in [0.15, 0.2) is 0 Å². The summed E-state index contributed by atoms with van der Waals surface area (Å²) in [7, 11) is 2.37. The minimum absolute atomic E-state index is 0.106. The van der Waals surface area contributed by atoms with Gasteiger partial charge < -0.3 is 0 Å². The molecular formula is C3H6NP. The van der Waals surface area contributed by atoms with Crippen molar-refractivity contribution >= 4 is 9.24 Å². The van der Waals surface area contributed by atoms with E-state index in [1.807, 2.05) is 13.0 Å². The van der Waals surface area contributed by atoms with Crippen molar-refractivity contribution in [1.29, 1.82) is 5.26 Å². The molecule has 0 aromatic rings. The van der Waals surface area contributed by atoms with Gasteiger partial charge in [0, 0.05) is 0 Å². The zero-order valence-corrected chi connectivity index (χ0v) is 4.26. The van der Waals surface area contributed by atoms with Crippen LogP contribution < -0.4 is 0 Å². The van der Waals surface area contributed by atoms with Crippen molar-refractivity contribution in [2.45, 2.75) is 12.6 Å². The van der Waals surface area contributed by atoms with E-state index in [4.69, 9.17) is 5.26 Å². The molecule has 0 heterocycles. The van der Waals surface area contributed by atoms with Crippen LogP contribution in [-0.2, 0) is 0 Å². The average Bonchev–Trinajstić information content (AvgIpc) is 1.38. The fourth-order valence-electron chi connectivity index (χ4n) is 0. The van der Waals surface area contributed by atoms with Gasteiger partial charge in [-0.25, -0.2) is 0 Å². The summed E-state index contributed by atoms with van der Waals surface area (Å²) in [4.78, 5) is 0. The van der Waals surface area contributed by atoms with Gasteiger partial charge in [-0.15, -0.1) is 9.24 Å². The number of rotatable bonds is 0. The van der Waals surface area contributed by atoms with Gasteiger partial charge >= 0.3 is 0 Å². The standard InChI is InChI=1S/C3H6NP/c1-3(5)2-4/h3H,5H2,1H3. The zero-order valence-electron chi connectivity index (χ0n) is 3.10. The van der Waals surface area contributed by atoms with Crippen LogP contribution in [0.25, 0.3) is 0 Å². The Labute approximate surface area is 34.2 Å². The molecule has 0 aromatic heterocycles. The van der Waals surface area contributed by atoms with Crippen LogP contribution in [0, 0.1) is 11.3 Å². The first kappa shape index (κ1) is 4.92. The van der Waals surface area contributed by atoms with Gasteiger partial charge in [0.15, 0.2) is 0 Å². The second-order valence-electron chi connectivity index (χ2n) is 0.918. The molecule has 5 heavy (non-hydrogen) atoms. The quantitative estimate of drug-likeness (QED) is 0.400. The number of nitrogens with zero attached hydrogens (tertiary/aromatic N) is 1. The second-order valence-corrected chi connectivity index (χ2v) is 1.92. The van der Waals surface area contributed by atoms with Gasteiger partial charge in [-0.1, -0.05) is 0 Å². The highest BCUT2D eigenvalue weighted by molar-refractivity contribution is 7.18. The van der Waals surface area contributed by atoms with Gasteiger partial charge in [-0.3, -0.25) is 0 Å². The predicted molar refractivity (Wildman–Crippen MR) is 24.8 cm³/mol. The predicted octanol–water partition coefficient (Wildman–Crippen LogP) is 0.774. The molecule has 0 aliphatic rings. The molecule has 0 radical (unpaired) electrons. The van der Waals surface area contributed by atoms with Crippen LogP contribution in [0.3, 0.4) is 0 Å². The minimum atomic E-state index is 0.106. The van der Waals surface area contributed by atoms with Gasteiger partial charge in [0.25, 0.3) is 0 Å².